The highest BCUT2D eigenvalue weighted by Gasteiger charge is 2.19. The van der Waals surface area contributed by atoms with Crippen LogP contribution >= 0.6 is 0 Å². The van der Waals surface area contributed by atoms with E-state index < -0.39 is 0 Å². The van der Waals surface area contributed by atoms with Gasteiger partial charge in [-0.05, 0) is 26.2 Å². The molecule has 2 atom stereocenters. The van der Waals surface area contributed by atoms with Crippen molar-refractivity contribution in [3.8, 4) is 0 Å². The molecule has 0 bridgehead atoms. The summed E-state index contributed by atoms with van der Waals surface area (Å²) in [6.07, 6.45) is 54.2. The third-order valence-corrected chi connectivity index (χ3v) is 10.8. The molecule has 1 heterocycles. The Morgan fingerprint density at radius 3 is 1.02 bits per heavy atom. The summed E-state index contributed by atoms with van der Waals surface area (Å²) < 4.78 is 2.58. The number of unbranched alkanes of at least 4 members (excludes halogenated alkanes) is 29. The Labute approximate surface area is 291 Å². The van der Waals surface area contributed by atoms with E-state index in [0.29, 0.717) is 12.0 Å². The van der Waals surface area contributed by atoms with Gasteiger partial charge in [-0.2, -0.15) is 0 Å². The fraction of sp³-hybridized carbons (Fsp3) is 0.932. The average molecular weight is 643 g/mol. The van der Waals surface area contributed by atoms with Crippen LogP contribution in [0.2, 0.25) is 0 Å². The molecule has 0 amide bonds. The Hall–Kier alpha value is -0.790. The first-order chi connectivity index (χ1) is 22.7. The molecule has 0 fully saturated rings. The first-order valence-electron chi connectivity index (χ1n) is 21.8. The van der Waals surface area contributed by atoms with E-state index in [-0.39, 0.29) is 0 Å². The lowest BCUT2D eigenvalue weighted by molar-refractivity contribution is 0.412. The third kappa shape index (κ3) is 25.3. The number of imidazole rings is 1. The van der Waals surface area contributed by atoms with Gasteiger partial charge < -0.3 is 4.57 Å². The van der Waals surface area contributed by atoms with Crippen molar-refractivity contribution < 1.29 is 0 Å². The predicted molar refractivity (Wildman–Crippen MR) is 208 cm³/mol. The maximum absolute atomic E-state index is 5.03. The van der Waals surface area contributed by atoms with Crippen molar-refractivity contribution in [2.24, 2.45) is 0 Å². The van der Waals surface area contributed by atoms with Crippen molar-refractivity contribution in [1.82, 2.24) is 9.55 Å². The Bertz CT molecular complexity index is 709. The van der Waals surface area contributed by atoms with E-state index >= 15 is 0 Å². The van der Waals surface area contributed by atoms with Gasteiger partial charge in [-0.3, -0.25) is 0 Å². The third-order valence-electron chi connectivity index (χ3n) is 10.8. The van der Waals surface area contributed by atoms with Gasteiger partial charge in [0.2, 0.25) is 0 Å². The molecule has 0 aliphatic heterocycles. The largest absolute Gasteiger partial charge is 0.332 e. The minimum Gasteiger partial charge on any atom is -0.332 e. The molecule has 0 spiro atoms. The Kier molecular flexibility index (Phi) is 32.0. The van der Waals surface area contributed by atoms with Gasteiger partial charge >= 0.3 is 0 Å². The summed E-state index contributed by atoms with van der Waals surface area (Å²) in [7, 11) is 0. The van der Waals surface area contributed by atoms with Crippen molar-refractivity contribution in [3.05, 3.63) is 18.2 Å². The van der Waals surface area contributed by atoms with Crippen molar-refractivity contribution in [2.75, 3.05) is 0 Å². The molecule has 1 aromatic heterocycles. The molecule has 0 aromatic carbocycles. The molecule has 46 heavy (non-hydrogen) atoms. The van der Waals surface area contributed by atoms with Gasteiger partial charge in [-0.25, -0.2) is 4.98 Å². The van der Waals surface area contributed by atoms with Gasteiger partial charge in [-0.15, -0.1) is 0 Å². The number of rotatable bonds is 37. The van der Waals surface area contributed by atoms with Crippen molar-refractivity contribution >= 4 is 0 Å². The average Bonchev–Trinajstić information content (AvgIpc) is 3.56. The quantitative estimate of drug-likeness (QED) is 0.0660. The zero-order chi connectivity index (χ0) is 33.2. The van der Waals surface area contributed by atoms with Crippen LogP contribution in [0.1, 0.15) is 270 Å². The van der Waals surface area contributed by atoms with E-state index in [4.69, 9.17) is 4.98 Å². The molecule has 272 valence electrons. The van der Waals surface area contributed by atoms with Crippen LogP contribution in [-0.4, -0.2) is 9.55 Å². The van der Waals surface area contributed by atoms with Gasteiger partial charge in [0.1, 0.15) is 5.82 Å². The lowest BCUT2D eigenvalue weighted by Crippen LogP contribution is -2.13. The highest BCUT2D eigenvalue weighted by atomic mass is 15.1. The lowest BCUT2D eigenvalue weighted by atomic mass is 9.92. The van der Waals surface area contributed by atoms with Crippen LogP contribution in [0.5, 0.6) is 0 Å². The van der Waals surface area contributed by atoms with Crippen LogP contribution in [-0.2, 0) is 0 Å². The van der Waals surface area contributed by atoms with E-state index in [0.717, 1.165) is 0 Å². The van der Waals surface area contributed by atoms with E-state index in [2.05, 4.69) is 44.7 Å². The fourth-order valence-corrected chi connectivity index (χ4v) is 7.59. The Morgan fingerprint density at radius 2 is 0.696 bits per heavy atom. The topological polar surface area (TPSA) is 17.8 Å². The van der Waals surface area contributed by atoms with Gasteiger partial charge in [0.15, 0.2) is 0 Å². The van der Waals surface area contributed by atoms with E-state index in [1.807, 2.05) is 0 Å². The first-order valence-corrected chi connectivity index (χ1v) is 21.8. The second-order valence-corrected chi connectivity index (χ2v) is 15.4. The maximum atomic E-state index is 5.03. The molecule has 0 saturated heterocycles. The summed E-state index contributed by atoms with van der Waals surface area (Å²) in [5, 5.41) is 0. The number of hydrogen-bond acceptors (Lipinski definition) is 1. The van der Waals surface area contributed by atoms with E-state index in [9.17, 15) is 0 Å². The molecule has 0 radical (unpaired) electrons. The Morgan fingerprint density at radius 1 is 0.413 bits per heavy atom. The van der Waals surface area contributed by atoms with Crippen LogP contribution in [0, 0.1) is 0 Å². The molecule has 2 heteroatoms. The molecule has 2 nitrogen and oxygen atoms in total. The maximum Gasteiger partial charge on any atom is 0.111 e. The molecular weight excluding hydrogens is 556 g/mol. The summed E-state index contributed by atoms with van der Waals surface area (Å²) >= 11 is 0. The van der Waals surface area contributed by atoms with E-state index in [1.165, 1.54) is 231 Å². The normalized spacial score (nSPS) is 13.0. The minimum absolute atomic E-state index is 0.587. The number of hydrogen-bond donors (Lipinski definition) is 0. The molecule has 0 saturated carbocycles. The molecule has 0 aliphatic rings. The second kappa shape index (κ2) is 34.1. The second-order valence-electron chi connectivity index (χ2n) is 15.4. The van der Waals surface area contributed by atoms with Crippen molar-refractivity contribution in [2.45, 2.75) is 264 Å². The zero-order valence-corrected chi connectivity index (χ0v) is 32.5. The number of nitrogens with zero attached hydrogens (tertiary/aromatic N) is 2. The van der Waals surface area contributed by atoms with Crippen molar-refractivity contribution in [3.63, 3.8) is 0 Å². The SMILES string of the molecule is CCCCCCCCCCCCCCCCC(CCCCCCCCCCCCCC)c1nccn1C(C)CCCCCCCC. The van der Waals surface area contributed by atoms with Gasteiger partial charge in [0, 0.05) is 24.4 Å². The number of aromatic nitrogens is 2. The van der Waals surface area contributed by atoms with E-state index in [1.54, 1.807) is 0 Å². The standard InChI is InChI=1S/C44H86N2/c1-5-8-11-14-17-19-21-23-24-26-28-30-33-36-39-43(38-35-32-29-27-25-22-20-18-15-12-9-6-2)44-45-40-41-46(44)42(4)37-34-31-16-13-10-7-3/h40-43H,5-39H2,1-4H3. The van der Waals surface area contributed by atoms with Gasteiger partial charge in [0.25, 0.3) is 0 Å². The molecule has 1 aromatic rings. The van der Waals surface area contributed by atoms with Crippen LogP contribution in [0.25, 0.3) is 0 Å². The smallest absolute Gasteiger partial charge is 0.111 e. The highest BCUT2D eigenvalue weighted by molar-refractivity contribution is 5.02. The summed E-state index contributed by atoms with van der Waals surface area (Å²) in [6, 6.07) is 0.587. The van der Waals surface area contributed by atoms with Gasteiger partial charge in [0.05, 0.1) is 0 Å². The van der Waals surface area contributed by atoms with Crippen LogP contribution in [0.4, 0.5) is 0 Å². The van der Waals surface area contributed by atoms with Gasteiger partial charge in [-0.1, -0.05) is 226 Å². The molecule has 0 N–H and O–H groups in total. The van der Waals surface area contributed by atoms with Crippen LogP contribution in [0.3, 0.4) is 0 Å². The summed E-state index contributed by atoms with van der Waals surface area (Å²) in [6.45, 7) is 9.39. The predicted octanol–water partition coefficient (Wildman–Crippen LogP) is 16.2. The van der Waals surface area contributed by atoms with Crippen LogP contribution in [0.15, 0.2) is 12.4 Å². The Balaban J connectivity index is 2.37. The summed E-state index contributed by atoms with van der Waals surface area (Å²) in [5.41, 5.74) is 0. The van der Waals surface area contributed by atoms with Crippen molar-refractivity contribution in [1.29, 1.82) is 0 Å². The molecule has 1 rings (SSSR count). The first kappa shape index (κ1) is 43.2. The molecular formula is C44H86N2. The highest BCUT2D eigenvalue weighted by Crippen LogP contribution is 2.31. The summed E-state index contributed by atoms with van der Waals surface area (Å²) in [4.78, 5) is 5.03. The molecule has 2 unspecified atom stereocenters. The fourth-order valence-electron chi connectivity index (χ4n) is 7.59. The lowest BCUT2D eigenvalue weighted by Gasteiger charge is -2.22. The zero-order valence-electron chi connectivity index (χ0n) is 32.5. The minimum atomic E-state index is 0.587. The summed E-state index contributed by atoms with van der Waals surface area (Å²) in [5.74, 6) is 2.07. The monoisotopic (exact) mass is 643 g/mol. The molecule has 0 aliphatic carbocycles. The van der Waals surface area contributed by atoms with Crippen LogP contribution < -0.4 is 0 Å².